The van der Waals surface area contributed by atoms with Crippen LogP contribution < -0.4 is 0 Å². The van der Waals surface area contributed by atoms with Gasteiger partial charge in [0.15, 0.2) is 0 Å². The topological polar surface area (TPSA) is 74.6 Å². The second-order valence-electron chi connectivity index (χ2n) is 0.884. The molecule has 2 N–H and O–H groups in total. The predicted octanol–water partition coefficient (Wildman–Crippen LogP) is -0.715. The van der Waals surface area contributed by atoms with Crippen molar-refractivity contribution in [2.75, 3.05) is 5.75 Å². The summed E-state index contributed by atoms with van der Waals surface area (Å²) in [4.78, 5) is 0. The fraction of sp³-hybridized carbons (Fsp3) is 0.500. The van der Waals surface area contributed by atoms with E-state index < -0.39 is 15.9 Å². The molecule has 2 radical (unpaired) electrons. The average molecular weight is 124 g/mol. The molecule has 0 bridgehead atoms. The third kappa shape index (κ3) is 5.87. The zero-order chi connectivity index (χ0) is 5.91. The minimum atomic E-state index is -4.04. The Morgan fingerprint density at radius 3 is 2.00 bits per heavy atom. The lowest BCUT2D eigenvalue weighted by molar-refractivity contribution is 0.393. The number of hydrogen-bond donors (Lipinski definition) is 2. The molecule has 0 unspecified atom stereocenters. The number of hydrogen-bond acceptors (Lipinski definition) is 3. The van der Waals surface area contributed by atoms with Crippen LogP contribution in [0.15, 0.2) is 0 Å². The molecule has 0 fully saturated rings. The van der Waals surface area contributed by atoms with Crippen molar-refractivity contribution in [3.05, 3.63) is 6.61 Å². The quantitative estimate of drug-likeness (QED) is 0.476. The van der Waals surface area contributed by atoms with Crippen LogP contribution in [0.1, 0.15) is 0 Å². The number of aliphatic hydroxyl groups excluding tert-OH is 1. The van der Waals surface area contributed by atoms with E-state index in [-0.39, 0.29) is 0 Å². The van der Waals surface area contributed by atoms with Crippen molar-refractivity contribution < 1.29 is 18.1 Å². The zero-order valence-corrected chi connectivity index (χ0v) is 4.14. The highest BCUT2D eigenvalue weighted by Crippen LogP contribution is 1.80. The summed E-state index contributed by atoms with van der Waals surface area (Å²) in [6.45, 7) is 1.27. The van der Waals surface area contributed by atoms with Gasteiger partial charge in [-0.05, 0) is 0 Å². The lowest BCUT2D eigenvalue weighted by atomic mass is 10.9. The summed E-state index contributed by atoms with van der Waals surface area (Å²) < 4.78 is 26.9. The molecular formula is C2H4O4S. The van der Waals surface area contributed by atoms with E-state index in [1.165, 1.54) is 6.61 Å². The summed E-state index contributed by atoms with van der Waals surface area (Å²) in [5.41, 5.74) is 0. The summed E-state index contributed by atoms with van der Waals surface area (Å²) in [5, 5.41) is 7.61. The first-order valence-electron chi connectivity index (χ1n) is 1.38. The van der Waals surface area contributed by atoms with Gasteiger partial charge < -0.3 is 5.11 Å². The molecule has 0 aliphatic heterocycles. The van der Waals surface area contributed by atoms with Gasteiger partial charge in [0.25, 0.3) is 10.1 Å². The Morgan fingerprint density at radius 1 is 1.57 bits per heavy atom. The monoisotopic (exact) mass is 124 g/mol. The van der Waals surface area contributed by atoms with Gasteiger partial charge in [-0.2, -0.15) is 8.42 Å². The van der Waals surface area contributed by atoms with Gasteiger partial charge in [0.2, 0.25) is 0 Å². The number of aliphatic hydroxyl groups is 1. The largest absolute Gasteiger partial charge is 0.382 e. The van der Waals surface area contributed by atoms with E-state index in [9.17, 15) is 8.42 Å². The molecule has 0 heterocycles. The fourth-order valence-electron chi connectivity index (χ4n) is 0.0816. The van der Waals surface area contributed by atoms with E-state index in [2.05, 4.69) is 0 Å². The summed E-state index contributed by atoms with van der Waals surface area (Å²) in [5.74, 6) is -0.826. The Hall–Kier alpha value is -0.130. The molecule has 0 rings (SSSR count). The minimum Gasteiger partial charge on any atom is -0.382 e. The highest BCUT2D eigenvalue weighted by atomic mass is 32.2. The summed E-state index contributed by atoms with van der Waals surface area (Å²) in [6, 6.07) is 0. The first-order valence-corrected chi connectivity index (χ1v) is 2.99. The predicted molar refractivity (Wildman–Crippen MR) is 21.6 cm³/mol. The highest BCUT2D eigenvalue weighted by Gasteiger charge is 2.00. The van der Waals surface area contributed by atoms with Crippen molar-refractivity contribution in [1.29, 1.82) is 0 Å². The van der Waals surface area contributed by atoms with E-state index in [0.717, 1.165) is 0 Å². The summed E-state index contributed by atoms with van der Waals surface area (Å²) in [7, 11) is -4.04. The van der Waals surface area contributed by atoms with Crippen LogP contribution in [0, 0.1) is 6.61 Å². The third-order valence-electron chi connectivity index (χ3n) is 0.247. The first-order chi connectivity index (χ1) is 3.06. The Balaban J connectivity index is 3.60. The van der Waals surface area contributed by atoms with Gasteiger partial charge in [0.05, 0.1) is 0 Å². The lowest BCUT2D eigenvalue weighted by Crippen LogP contribution is -2.02. The molecule has 0 aliphatic carbocycles. The van der Waals surface area contributed by atoms with Crippen molar-refractivity contribution in [2.45, 2.75) is 0 Å². The van der Waals surface area contributed by atoms with Crippen LogP contribution >= 0.6 is 0 Å². The van der Waals surface area contributed by atoms with Crippen LogP contribution in [0.5, 0.6) is 0 Å². The molecule has 0 aromatic heterocycles. The van der Waals surface area contributed by atoms with Gasteiger partial charge in [-0.3, -0.25) is 4.55 Å². The SMILES string of the molecule is O=S(=O)(O)C[C]O. The van der Waals surface area contributed by atoms with Gasteiger partial charge in [-0.1, -0.05) is 0 Å². The van der Waals surface area contributed by atoms with Crippen molar-refractivity contribution >= 4 is 10.1 Å². The van der Waals surface area contributed by atoms with Crippen molar-refractivity contribution in [1.82, 2.24) is 0 Å². The Bertz CT molecular complexity index is 123. The van der Waals surface area contributed by atoms with Gasteiger partial charge in [0.1, 0.15) is 12.4 Å². The molecule has 0 amide bonds. The zero-order valence-electron chi connectivity index (χ0n) is 3.33. The molecule has 4 nitrogen and oxygen atoms in total. The Morgan fingerprint density at radius 2 is 2.00 bits per heavy atom. The fourth-order valence-corrected chi connectivity index (χ4v) is 0.245. The molecule has 0 saturated carbocycles. The van der Waals surface area contributed by atoms with E-state index in [0.29, 0.717) is 0 Å². The maximum atomic E-state index is 9.56. The van der Waals surface area contributed by atoms with Crippen LogP contribution in [0.2, 0.25) is 0 Å². The van der Waals surface area contributed by atoms with Crippen LogP contribution in [-0.2, 0) is 10.1 Å². The van der Waals surface area contributed by atoms with E-state index in [4.69, 9.17) is 9.66 Å². The minimum absolute atomic E-state index is 0.826. The van der Waals surface area contributed by atoms with Gasteiger partial charge >= 0.3 is 0 Å². The molecule has 5 heteroatoms. The summed E-state index contributed by atoms with van der Waals surface area (Å²) >= 11 is 0. The van der Waals surface area contributed by atoms with Crippen LogP contribution in [0.25, 0.3) is 0 Å². The normalized spacial score (nSPS) is 11.7. The number of rotatable bonds is 2. The molecule has 0 saturated heterocycles. The smallest absolute Gasteiger partial charge is 0.267 e. The first kappa shape index (κ1) is 6.87. The molecule has 0 spiro atoms. The van der Waals surface area contributed by atoms with E-state index >= 15 is 0 Å². The lowest BCUT2D eigenvalue weighted by Gasteiger charge is -1.84. The Kier molecular flexibility index (Phi) is 2.21. The maximum absolute atomic E-state index is 9.56. The van der Waals surface area contributed by atoms with Gasteiger partial charge in [-0.25, -0.2) is 0 Å². The molecule has 0 aliphatic rings. The van der Waals surface area contributed by atoms with Crippen LogP contribution in [-0.4, -0.2) is 23.8 Å². The molecule has 0 atom stereocenters. The molecule has 7 heavy (non-hydrogen) atoms. The molecular weight excluding hydrogens is 120 g/mol. The van der Waals surface area contributed by atoms with Crippen LogP contribution in [0.3, 0.4) is 0 Å². The standard InChI is InChI=1S/C2H4O4S/c3-1-2-7(4,5)6/h3H,2H2,(H,4,5,6). The van der Waals surface area contributed by atoms with E-state index in [1.54, 1.807) is 0 Å². The van der Waals surface area contributed by atoms with Crippen molar-refractivity contribution in [2.24, 2.45) is 0 Å². The second-order valence-corrected chi connectivity index (χ2v) is 2.34. The average Bonchev–Trinajstić information content (AvgIpc) is 1.30. The molecule has 0 aromatic rings. The second kappa shape index (κ2) is 2.25. The highest BCUT2D eigenvalue weighted by molar-refractivity contribution is 7.85. The van der Waals surface area contributed by atoms with E-state index in [1.807, 2.05) is 0 Å². The maximum Gasteiger partial charge on any atom is 0.267 e. The van der Waals surface area contributed by atoms with Gasteiger partial charge in [-0.15, -0.1) is 0 Å². The third-order valence-corrected chi connectivity index (χ3v) is 0.741. The molecule has 42 valence electrons. The van der Waals surface area contributed by atoms with Crippen molar-refractivity contribution in [3.8, 4) is 0 Å². The Labute approximate surface area is 41.5 Å². The van der Waals surface area contributed by atoms with Crippen LogP contribution in [0.4, 0.5) is 0 Å². The van der Waals surface area contributed by atoms with Crippen molar-refractivity contribution in [3.63, 3.8) is 0 Å². The summed E-state index contributed by atoms with van der Waals surface area (Å²) in [6.07, 6.45) is 0. The molecule has 0 aromatic carbocycles. The van der Waals surface area contributed by atoms with Gasteiger partial charge in [0, 0.05) is 0 Å².